The Morgan fingerprint density at radius 1 is 1.25 bits per heavy atom. The van der Waals surface area contributed by atoms with Crippen molar-refractivity contribution in [1.82, 2.24) is 9.97 Å². The maximum Gasteiger partial charge on any atom is 0.361 e. The molecule has 88 valence electrons. The topological polar surface area (TPSA) is 78.1 Å². The van der Waals surface area contributed by atoms with Crippen molar-refractivity contribution in [2.45, 2.75) is 26.4 Å². The molecule has 1 aromatic rings. The average Bonchev–Trinajstić information content (AvgIpc) is 2.08. The van der Waals surface area contributed by atoms with E-state index in [1.165, 1.54) is 0 Å². The fourth-order valence-electron chi connectivity index (χ4n) is 0.883. The molecule has 0 fully saturated rings. The Bertz CT molecular complexity index is 429. The molecule has 0 aliphatic heterocycles. The number of hydrogen-bond donors (Lipinski definition) is 1. The number of anilines is 1. The summed E-state index contributed by atoms with van der Waals surface area (Å²) in [6, 6.07) is 0. The summed E-state index contributed by atoms with van der Waals surface area (Å²) in [4.78, 5) is 19.0. The Morgan fingerprint density at radius 3 is 2.25 bits per heavy atom. The maximum atomic E-state index is 11.6. The van der Waals surface area contributed by atoms with E-state index in [0.717, 1.165) is 0 Å². The molecule has 0 saturated carbocycles. The normalized spacial score (nSPS) is 11.3. The van der Waals surface area contributed by atoms with E-state index in [4.69, 9.17) is 33.7 Å². The number of aromatic nitrogens is 2. The van der Waals surface area contributed by atoms with E-state index in [-0.39, 0.29) is 21.8 Å². The van der Waals surface area contributed by atoms with Gasteiger partial charge < -0.3 is 10.5 Å². The SMILES string of the molecule is CC(C)(C)OC(=O)c1nc(Cl)c(Cl)nc1N. The maximum absolute atomic E-state index is 11.6. The van der Waals surface area contributed by atoms with Crippen LogP contribution in [0.3, 0.4) is 0 Å². The van der Waals surface area contributed by atoms with Crippen molar-refractivity contribution in [2.24, 2.45) is 0 Å². The second kappa shape index (κ2) is 4.43. The Labute approximate surface area is 103 Å². The second-order valence-corrected chi connectivity index (χ2v) is 4.76. The minimum atomic E-state index is -0.684. The molecule has 0 aliphatic rings. The largest absolute Gasteiger partial charge is 0.455 e. The molecule has 1 rings (SSSR count). The van der Waals surface area contributed by atoms with E-state index in [0.29, 0.717) is 0 Å². The summed E-state index contributed by atoms with van der Waals surface area (Å²) in [6.45, 7) is 5.18. The van der Waals surface area contributed by atoms with Gasteiger partial charge in [0.2, 0.25) is 0 Å². The molecule has 7 heteroatoms. The summed E-state index contributed by atoms with van der Waals surface area (Å²) in [7, 11) is 0. The highest BCUT2D eigenvalue weighted by atomic mass is 35.5. The summed E-state index contributed by atoms with van der Waals surface area (Å²) in [5.41, 5.74) is 4.72. The predicted octanol–water partition coefficient (Wildman–Crippen LogP) is 2.32. The van der Waals surface area contributed by atoms with Gasteiger partial charge in [-0.3, -0.25) is 0 Å². The fourth-order valence-corrected chi connectivity index (χ4v) is 1.14. The monoisotopic (exact) mass is 263 g/mol. The first kappa shape index (κ1) is 13.0. The van der Waals surface area contributed by atoms with Gasteiger partial charge in [0.05, 0.1) is 0 Å². The Hall–Kier alpha value is -1.07. The van der Waals surface area contributed by atoms with Crippen molar-refractivity contribution in [3.05, 3.63) is 16.0 Å². The van der Waals surface area contributed by atoms with Gasteiger partial charge in [-0.2, -0.15) is 0 Å². The number of nitrogens with two attached hydrogens (primary N) is 1. The Balaban J connectivity index is 3.05. The fraction of sp³-hybridized carbons (Fsp3) is 0.444. The van der Waals surface area contributed by atoms with Gasteiger partial charge in [0.25, 0.3) is 0 Å². The summed E-state index contributed by atoms with van der Waals surface area (Å²) < 4.78 is 5.08. The zero-order chi connectivity index (χ0) is 12.5. The molecule has 0 unspecified atom stereocenters. The van der Waals surface area contributed by atoms with Crippen LogP contribution in [-0.4, -0.2) is 21.5 Å². The molecule has 2 N–H and O–H groups in total. The second-order valence-electron chi connectivity index (χ2n) is 4.04. The molecule has 0 aliphatic carbocycles. The van der Waals surface area contributed by atoms with Crippen LogP contribution in [0.4, 0.5) is 5.82 Å². The van der Waals surface area contributed by atoms with Gasteiger partial charge in [-0.05, 0) is 20.8 Å². The highest BCUT2D eigenvalue weighted by Crippen LogP contribution is 2.21. The van der Waals surface area contributed by atoms with Crippen LogP contribution in [0.25, 0.3) is 0 Å². The quantitative estimate of drug-likeness (QED) is 0.787. The van der Waals surface area contributed by atoms with Crippen molar-refractivity contribution in [2.75, 3.05) is 5.73 Å². The van der Waals surface area contributed by atoms with Crippen LogP contribution in [0.5, 0.6) is 0 Å². The van der Waals surface area contributed by atoms with Gasteiger partial charge in [0.15, 0.2) is 21.8 Å². The molecule has 0 amide bonds. The third kappa shape index (κ3) is 3.21. The van der Waals surface area contributed by atoms with E-state index >= 15 is 0 Å². The molecule has 0 spiro atoms. The lowest BCUT2D eigenvalue weighted by Crippen LogP contribution is -2.25. The lowest BCUT2D eigenvalue weighted by Gasteiger charge is -2.19. The number of carbonyl (C=O) groups excluding carboxylic acids is 1. The lowest BCUT2D eigenvalue weighted by atomic mass is 10.2. The van der Waals surface area contributed by atoms with Crippen LogP contribution in [0, 0.1) is 0 Å². The van der Waals surface area contributed by atoms with E-state index in [2.05, 4.69) is 9.97 Å². The number of rotatable bonds is 1. The zero-order valence-corrected chi connectivity index (χ0v) is 10.6. The van der Waals surface area contributed by atoms with Crippen LogP contribution in [0.2, 0.25) is 10.3 Å². The Kier molecular flexibility index (Phi) is 3.60. The van der Waals surface area contributed by atoms with Gasteiger partial charge in [-0.15, -0.1) is 0 Å². The molecule has 0 bridgehead atoms. The third-order valence-corrected chi connectivity index (χ3v) is 2.06. The van der Waals surface area contributed by atoms with Crippen LogP contribution < -0.4 is 5.73 Å². The predicted molar refractivity (Wildman–Crippen MR) is 61.6 cm³/mol. The molecule has 1 aromatic heterocycles. The van der Waals surface area contributed by atoms with Crippen LogP contribution >= 0.6 is 23.2 Å². The molecule has 5 nitrogen and oxygen atoms in total. The standard InChI is InChI=1S/C9H11Cl2N3O2/c1-9(2,3)16-8(15)4-7(12)14-6(11)5(10)13-4/h1-3H3,(H2,12,14). The number of esters is 1. The van der Waals surface area contributed by atoms with E-state index in [1.807, 2.05) is 0 Å². The summed E-state index contributed by atoms with van der Waals surface area (Å²) in [6.07, 6.45) is 0. The minimum absolute atomic E-state index is 0.0496. The van der Waals surface area contributed by atoms with E-state index < -0.39 is 11.6 Å². The lowest BCUT2D eigenvalue weighted by molar-refractivity contribution is 0.00638. The van der Waals surface area contributed by atoms with Gasteiger partial charge in [-0.1, -0.05) is 23.2 Å². The third-order valence-electron chi connectivity index (χ3n) is 1.43. The van der Waals surface area contributed by atoms with Gasteiger partial charge >= 0.3 is 5.97 Å². The molecule has 0 saturated heterocycles. The van der Waals surface area contributed by atoms with Crippen molar-refractivity contribution in [3.8, 4) is 0 Å². The van der Waals surface area contributed by atoms with Gasteiger partial charge in [0.1, 0.15) is 5.60 Å². The number of hydrogen-bond acceptors (Lipinski definition) is 5. The van der Waals surface area contributed by atoms with Crippen molar-refractivity contribution in [3.63, 3.8) is 0 Å². The number of nitrogens with zero attached hydrogens (tertiary/aromatic N) is 2. The van der Waals surface area contributed by atoms with E-state index in [9.17, 15) is 4.79 Å². The van der Waals surface area contributed by atoms with Crippen molar-refractivity contribution in [1.29, 1.82) is 0 Å². The highest BCUT2D eigenvalue weighted by molar-refractivity contribution is 6.40. The first-order valence-corrected chi connectivity index (χ1v) is 5.18. The van der Waals surface area contributed by atoms with Gasteiger partial charge in [0, 0.05) is 0 Å². The summed E-state index contributed by atoms with van der Waals surface area (Å²) in [5.74, 6) is -0.792. The van der Waals surface area contributed by atoms with Crippen LogP contribution in [0.15, 0.2) is 0 Å². The molecule has 0 aromatic carbocycles. The molecule has 0 radical (unpaired) electrons. The summed E-state index contributed by atoms with van der Waals surface area (Å²) >= 11 is 11.2. The Morgan fingerprint density at radius 2 is 1.75 bits per heavy atom. The minimum Gasteiger partial charge on any atom is -0.455 e. The number of carbonyl (C=O) groups is 1. The van der Waals surface area contributed by atoms with Crippen LogP contribution in [0.1, 0.15) is 31.3 Å². The van der Waals surface area contributed by atoms with Crippen molar-refractivity contribution >= 4 is 35.0 Å². The molecule has 16 heavy (non-hydrogen) atoms. The number of nitrogen functional groups attached to an aromatic ring is 1. The molecular weight excluding hydrogens is 253 g/mol. The zero-order valence-electron chi connectivity index (χ0n) is 9.04. The molecule has 1 heterocycles. The highest BCUT2D eigenvalue weighted by Gasteiger charge is 2.23. The van der Waals surface area contributed by atoms with Crippen molar-refractivity contribution < 1.29 is 9.53 Å². The summed E-state index contributed by atoms with van der Waals surface area (Å²) in [5, 5.41) is -0.136. The number of halogens is 2. The first-order chi connectivity index (χ1) is 7.20. The molecular formula is C9H11Cl2N3O2. The van der Waals surface area contributed by atoms with Crippen LogP contribution in [-0.2, 0) is 4.74 Å². The first-order valence-electron chi connectivity index (χ1n) is 4.42. The van der Waals surface area contributed by atoms with E-state index in [1.54, 1.807) is 20.8 Å². The number of ether oxygens (including phenoxy) is 1. The average molecular weight is 264 g/mol. The smallest absolute Gasteiger partial charge is 0.361 e. The molecule has 0 atom stereocenters. The van der Waals surface area contributed by atoms with Gasteiger partial charge in [-0.25, -0.2) is 14.8 Å².